The highest BCUT2D eigenvalue weighted by Gasteiger charge is 2.52. The summed E-state index contributed by atoms with van der Waals surface area (Å²) in [7, 11) is 2.55. The minimum Gasteiger partial charge on any atom is -0.496 e. The van der Waals surface area contributed by atoms with Crippen LogP contribution in [0.2, 0.25) is 0 Å². The average molecular weight is 408 g/mol. The Morgan fingerprint density at radius 3 is 2.10 bits per heavy atom. The van der Waals surface area contributed by atoms with Crippen LogP contribution < -0.4 is 20.5 Å². The minimum absolute atomic E-state index is 0.227. The summed E-state index contributed by atoms with van der Waals surface area (Å²) < 4.78 is 23.6. The largest absolute Gasteiger partial charge is 0.496 e. The molecule has 0 aliphatic carbocycles. The fraction of sp³-hybridized carbons (Fsp3) is 0.364. The van der Waals surface area contributed by atoms with Crippen molar-refractivity contribution in [2.24, 2.45) is 0 Å². The topological polar surface area (TPSA) is 82.7 Å². The van der Waals surface area contributed by atoms with Crippen molar-refractivity contribution in [2.45, 2.75) is 38.9 Å². The number of fused-ring (bicyclic) bond motifs is 1. The Kier molecular flexibility index (Phi) is 4.87. The Bertz CT molecular complexity index is 1130. The Balaban J connectivity index is 1.86. The van der Waals surface area contributed by atoms with E-state index >= 15 is 0 Å². The Morgan fingerprint density at radius 2 is 1.53 bits per heavy atom. The van der Waals surface area contributed by atoms with Crippen LogP contribution in [0.3, 0.4) is 0 Å². The van der Waals surface area contributed by atoms with Gasteiger partial charge in [-0.2, -0.15) is 0 Å². The Hall–Kier alpha value is -2.84. The molecule has 156 valence electrons. The first kappa shape index (κ1) is 20.4. The van der Waals surface area contributed by atoms with Crippen LogP contribution in [0, 0.1) is 0 Å². The number of nitrogens with one attached hydrogen (secondary N) is 1. The van der Waals surface area contributed by atoms with Gasteiger partial charge in [0.2, 0.25) is 0 Å². The van der Waals surface area contributed by atoms with Crippen molar-refractivity contribution in [3.05, 3.63) is 46.8 Å². The molecule has 4 rings (SSSR count). The van der Waals surface area contributed by atoms with E-state index in [0.29, 0.717) is 33.8 Å². The van der Waals surface area contributed by atoms with Gasteiger partial charge >= 0.3 is 7.12 Å². The number of nitrogens with zero attached hydrogens (tertiary/aromatic N) is 1. The van der Waals surface area contributed by atoms with Gasteiger partial charge in [-0.1, -0.05) is 12.1 Å². The smallest absolute Gasteiger partial charge is 0.495 e. The summed E-state index contributed by atoms with van der Waals surface area (Å²) in [6.07, 6.45) is 0. The molecule has 30 heavy (non-hydrogen) atoms. The van der Waals surface area contributed by atoms with Crippen molar-refractivity contribution in [2.75, 3.05) is 14.2 Å². The summed E-state index contributed by atoms with van der Waals surface area (Å²) in [6.45, 7) is 8.00. The summed E-state index contributed by atoms with van der Waals surface area (Å²) in [4.78, 5) is 20.0. The average Bonchev–Trinajstić information content (AvgIpc) is 2.94. The van der Waals surface area contributed by atoms with Crippen LogP contribution in [0.25, 0.3) is 22.3 Å². The maximum atomic E-state index is 12.6. The number of benzene rings is 2. The lowest BCUT2D eigenvalue weighted by Crippen LogP contribution is -2.41. The van der Waals surface area contributed by atoms with Gasteiger partial charge in [-0.05, 0) is 57.4 Å². The van der Waals surface area contributed by atoms with Crippen LogP contribution in [0.1, 0.15) is 27.7 Å². The third-order valence-electron chi connectivity index (χ3n) is 5.90. The predicted molar refractivity (Wildman–Crippen MR) is 117 cm³/mol. The molecule has 1 saturated heterocycles. The van der Waals surface area contributed by atoms with Gasteiger partial charge in [0.15, 0.2) is 0 Å². The van der Waals surface area contributed by atoms with E-state index in [4.69, 9.17) is 18.8 Å². The van der Waals surface area contributed by atoms with Crippen LogP contribution in [-0.4, -0.2) is 42.5 Å². The zero-order valence-corrected chi connectivity index (χ0v) is 18.0. The lowest BCUT2D eigenvalue weighted by atomic mass is 9.78. The first-order chi connectivity index (χ1) is 14.2. The van der Waals surface area contributed by atoms with Gasteiger partial charge in [0.1, 0.15) is 22.9 Å². The number of hydrogen-bond donors (Lipinski definition) is 1. The zero-order valence-electron chi connectivity index (χ0n) is 18.0. The highest BCUT2D eigenvalue weighted by molar-refractivity contribution is 6.62. The Morgan fingerprint density at radius 1 is 0.967 bits per heavy atom. The third-order valence-corrected chi connectivity index (χ3v) is 5.90. The second-order valence-corrected chi connectivity index (χ2v) is 8.32. The van der Waals surface area contributed by atoms with Crippen molar-refractivity contribution < 1.29 is 18.8 Å². The second kappa shape index (κ2) is 7.14. The molecule has 0 bridgehead atoms. The molecule has 7 nitrogen and oxygen atoms in total. The number of methoxy groups -OCH3 is 2. The SMILES string of the molecule is COc1cc(B2OC(C)(C)C(C)(C)O2)cc(OC)c1-c1nc2ccccc2c(=O)[nH]1. The Labute approximate surface area is 175 Å². The number of rotatable bonds is 4. The molecule has 1 N–H and O–H groups in total. The molecule has 0 spiro atoms. The third kappa shape index (κ3) is 3.26. The maximum absolute atomic E-state index is 12.6. The molecular formula is C22H25BN2O5. The molecule has 8 heteroatoms. The minimum atomic E-state index is -0.574. The number of aromatic nitrogens is 2. The molecule has 1 fully saturated rings. The van der Waals surface area contributed by atoms with Crippen molar-refractivity contribution in [1.29, 1.82) is 0 Å². The molecule has 1 aromatic heterocycles. The second-order valence-electron chi connectivity index (χ2n) is 8.32. The van der Waals surface area contributed by atoms with E-state index in [1.807, 2.05) is 45.9 Å². The lowest BCUT2D eigenvalue weighted by Gasteiger charge is -2.32. The standard InChI is InChI=1S/C22H25BN2O5/c1-21(2)22(3,4)30-23(29-21)13-11-16(27-5)18(17(12-13)28-6)19-24-15-10-8-7-9-14(15)20(26)25-19/h7-12H,1-6H3,(H,24,25,26). The van der Waals surface area contributed by atoms with Gasteiger partial charge in [-0.3, -0.25) is 4.79 Å². The fourth-order valence-electron chi connectivity index (χ4n) is 3.49. The molecule has 0 amide bonds. The first-order valence-electron chi connectivity index (χ1n) is 9.78. The van der Waals surface area contributed by atoms with Crippen molar-refractivity contribution in [1.82, 2.24) is 9.97 Å². The molecule has 1 aliphatic rings. The van der Waals surface area contributed by atoms with Crippen LogP contribution in [0.5, 0.6) is 11.5 Å². The van der Waals surface area contributed by atoms with Crippen molar-refractivity contribution >= 4 is 23.5 Å². The van der Waals surface area contributed by atoms with E-state index in [0.717, 1.165) is 5.46 Å². The van der Waals surface area contributed by atoms with Crippen LogP contribution >= 0.6 is 0 Å². The van der Waals surface area contributed by atoms with Gasteiger partial charge in [0, 0.05) is 0 Å². The molecule has 0 atom stereocenters. The number of ether oxygens (including phenoxy) is 2. The zero-order chi connectivity index (χ0) is 21.7. The predicted octanol–water partition coefficient (Wildman–Crippen LogP) is 2.91. The first-order valence-corrected chi connectivity index (χ1v) is 9.78. The van der Waals surface area contributed by atoms with E-state index in [-0.39, 0.29) is 5.56 Å². The summed E-state index contributed by atoms with van der Waals surface area (Å²) in [5, 5.41) is 0.521. The van der Waals surface area contributed by atoms with Gasteiger partial charge in [-0.25, -0.2) is 4.98 Å². The molecular weight excluding hydrogens is 383 g/mol. The van der Waals surface area contributed by atoms with E-state index in [9.17, 15) is 4.79 Å². The number of H-pyrrole nitrogens is 1. The molecule has 1 aliphatic heterocycles. The number of aromatic amines is 1. The fourth-order valence-corrected chi connectivity index (χ4v) is 3.49. The lowest BCUT2D eigenvalue weighted by molar-refractivity contribution is 0.00578. The molecule has 2 aromatic carbocycles. The van der Waals surface area contributed by atoms with Crippen LogP contribution in [-0.2, 0) is 9.31 Å². The summed E-state index contributed by atoms with van der Waals surface area (Å²) in [5.41, 5.74) is 0.742. The van der Waals surface area contributed by atoms with Crippen LogP contribution in [0.4, 0.5) is 0 Å². The number of para-hydroxylation sites is 1. The quantitative estimate of drug-likeness (QED) is 0.669. The monoisotopic (exact) mass is 408 g/mol. The number of hydrogen-bond acceptors (Lipinski definition) is 6. The van der Waals surface area contributed by atoms with E-state index in [2.05, 4.69) is 9.97 Å². The van der Waals surface area contributed by atoms with Crippen molar-refractivity contribution in [3.63, 3.8) is 0 Å². The van der Waals surface area contributed by atoms with E-state index < -0.39 is 18.3 Å². The highest BCUT2D eigenvalue weighted by Crippen LogP contribution is 2.39. The normalized spacial score (nSPS) is 17.3. The molecule has 0 unspecified atom stereocenters. The molecule has 3 aromatic rings. The van der Waals surface area contributed by atoms with Gasteiger partial charge in [-0.15, -0.1) is 0 Å². The summed E-state index contributed by atoms with van der Waals surface area (Å²) >= 11 is 0. The van der Waals surface area contributed by atoms with E-state index in [1.165, 1.54) is 0 Å². The van der Waals surface area contributed by atoms with E-state index in [1.54, 1.807) is 32.4 Å². The van der Waals surface area contributed by atoms with Crippen molar-refractivity contribution in [3.8, 4) is 22.9 Å². The molecule has 0 radical (unpaired) electrons. The van der Waals surface area contributed by atoms with Crippen LogP contribution in [0.15, 0.2) is 41.2 Å². The van der Waals surface area contributed by atoms with Gasteiger partial charge in [0.25, 0.3) is 5.56 Å². The molecule has 2 heterocycles. The summed E-state index contributed by atoms with van der Waals surface area (Å²) in [5.74, 6) is 1.36. The highest BCUT2D eigenvalue weighted by atomic mass is 16.7. The molecule has 0 saturated carbocycles. The maximum Gasteiger partial charge on any atom is 0.495 e. The summed E-state index contributed by atoms with van der Waals surface area (Å²) in [6, 6.07) is 10.8. The van der Waals surface area contributed by atoms with Gasteiger partial charge < -0.3 is 23.8 Å². The van der Waals surface area contributed by atoms with Gasteiger partial charge in [0.05, 0.1) is 36.3 Å².